The van der Waals surface area contributed by atoms with E-state index in [1.807, 2.05) is 19.1 Å². The topological polar surface area (TPSA) is 109 Å². The molecule has 0 atom stereocenters. The molecule has 0 radical (unpaired) electrons. The lowest BCUT2D eigenvalue weighted by atomic mass is 10.2. The Morgan fingerprint density at radius 2 is 2.05 bits per heavy atom. The van der Waals surface area contributed by atoms with Gasteiger partial charge in [0.1, 0.15) is 5.75 Å². The van der Waals surface area contributed by atoms with Crippen LogP contribution in [0.1, 0.15) is 18.3 Å². The monoisotopic (exact) mass is 307 g/mol. The first-order chi connectivity index (χ1) is 10.1. The quantitative estimate of drug-likeness (QED) is 0.576. The number of carbonyl (C=O) groups is 1. The van der Waals surface area contributed by atoms with E-state index in [0.29, 0.717) is 10.9 Å². The van der Waals surface area contributed by atoms with Crippen molar-refractivity contribution in [3.63, 3.8) is 0 Å². The summed E-state index contributed by atoms with van der Waals surface area (Å²) < 4.78 is 6.70. The Kier molecular flexibility index (Phi) is 5.04. The van der Waals surface area contributed by atoms with Crippen molar-refractivity contribution in [3.05, 3.63) is 35.7 Å². The molecule has 1 amide bonds. The van der Waals surface area contributed by atoms with Crippen molar-refractivity contribution in [2.45, 2.75) is 24.3 Å². The van der Waals surface area contributed by atoms with Gasteiger partial charge < -0.3 is 16.3 Å². The number of thioether (sulfide) groups is 1. The molecular formula is C13H17N5O2S. The summed E-state index contributed by atoms with van der Waals surface area (Å²) in [5.74, 6) is 7.46. The van der Waals surface area contributed by atoms with E-state index < -0.39 is 5.91 Å². The van der Waals surface area contributed by atoms with E-state index in [9.17, 15) is 4.79 Å². The SMILES string of the molecule is CCc1nnc(SCc2ccc(OCC(N)=O)cc2)n1N. The third-order valence-electron chi connectivity index (χ3n) is 2.72. The zero-order chi connectivity index (χ0) is 15.2. The van der Waals surface area contributed by atoms with Gasteiger partial charge in [0, 0.05) is 12.2 Å². The molecule has 0 bridgehead atoms. The minimum absolute atomic E-state index is 0.121. The van der Waals surface area contributed by atoms with Crippen LogP contribution >= 0.6 is 11.8 Å². The van der Waals surface area contributed by atoms with Crippen LogP contribution in [0.2, 0.25) is 0 Å². The molecule has 112 valence electrons. The van der Waals surface area contributed by atoms with Crippen molar-refractivity contribution in [2.24, 2.45) is 5.73 Å². The van der Waals surface area contributed by atoms with Gasteiger partial charge >= 0.3 is 0 Å². The maximum Gasteiger partial charge on any atom is 0.255 e. The van der Waals surface area contributed by atoms with Gasteiger partial charge in [-0.1, -0.05) is 30.8 Å². The highest BCUT2D eigenvalue weighted by atomic mass is 32.2. The normalized spacial score (nSPS) is 10.5. The molecule has 0 aliphatic heterocycles. The van der Waals surface area contributed by atoms with E-state index in [-0.39, 0.29) is 6.61 Å². The van der Waals surface area contributed by atoms with Gasteiger partial charge in [-0.2, -0.15) is 0 Å². The van der Waals surface area contributed by atoms with E-state index >= 15 is 0 Å². The largest absolute Gasteiger partial charge is 0.484 e. The Balaban J connectivity index is 1.91. The highest BCUT2D eigenvalue weighted by Gasteiger charge is 2.08. The summed E-state index contributed by atoms with van der Waals surface area (Å²) in [6.07, 6.45) is 0.746. The minimum Gasteiger partial charge on any atom is -0.484 e. The molecule has 1 aromatic carbocycles. The van der Waals surface area contributed by atoms with Crippen LogP contribution in [-0.2, 0) is 17.0 Å². The standard InChI is InChI=1S/C13H17N5O2S/c1-2-12-16-17-13(18(12)15)21-8-9-3-5-10(6-4-9)20-7-11(14)19/h3-6H,2,7-8,15H2,1H3,(H2,14,19). The maximum absolute atomic E-state index is 10.6. The Morgan fingerprint density at radius 3 is 2.62 bits per heavy atom. The highest BCUT2D eigenvalue weighted by molar-refractivity contribution is 7.98. The summed E-state index contributed by atoms with van der Waals surface area (Å²) in [6.45, 7) is 1.86. The number of aryl methyl sites for hydroxylation is 1. The van der Waals surface area contributed by atoms with Gasteiger partial charge in [-0.15, -0.1) is 10.2 Å². The number of aromatic nitrogens is 3. The number of hydrogen-bond acceptors (Lipinski definition) is 6. The molecule has 1 aromatic heterocycles. The number of rotatable bonds is 7. The first-order valence-corrected chi connectivity index (χ1v) is 7.41. The Morgan fingerprint density at radius 1 is 1.33 bits per heavy atom. The van der Waals surface area contributed by atoms with Gasteiger partial charge in [-0.3, -0.25) is 4.79 Å². The zero-order valence-electron chi connectivity index (χ0n) is 11.7. The van der Waals surface area contributed by atoms with Crippen molar-refractivity contribution >= 4 is 17.7 Å². The van der Waals surface area contributed by atoms with Crippen LogP contribution in [0.25, 0.3) is 0 Å². The summed E-state index contributed by atoms with van der Waals surface area (Å²) in [6, 6.07) is 7.43. The van der Waals surface area contributed by atoms with Gasteiger partial charge in [-0.05, 0) is 17.7 Å². The molecule has 4 N–H and O–H groups in total. The Labute approximate surface area is 126 Å². The number of nitrogens with two attached hydrogens (primary N) is 2. The molecule has 0 aliphatic rings. The van der Waals surface area contributed by atoms with Gasteiger partial charge in [0.15, 0.2) is 12.4 Å². The van der Waals surface area contributed by atoms with Crippen LogP contribution in [-0.4, -0.2) is 27.4 Å². The lowest BCUT2D eigenvalue weighted by Gasteiger charge is -2.05. The fourth-order valence-electron chi connectivity index (χ4n) is 1.63. The average molecular weight is 307 g/mol. The van der Waals surface area contributed by atoms with Crippen LogP contribution in [0.5, 0.6) is 5.75 Å². The molecule has 2 aromatic rings. The van der Waals surface area contributed by atoms with Crippen molar-refractivity contribution in [1.29, 1.82) is 0 Å². The second-order valence-corrected chi connectivity index (χ2v) is 5.25. The first kappa shape index (κ1) is 15.2. The lowest BCUT2D eigenvalue weighted by molar-refractivity contribution is -0.119. The predicted octanol–water partition coefficient (Wildman–Crippen LogP) is 0.711. The summed E-state index contributed by atoms with van der Waals surface area (Å²) in [7, 11) is 0. The molecular weight excluding hydrogens is 290 g/mol. The second kappa shape index (κ2) is 6.98. The van der Waals surface area contributed by atoms with Crippen molar-refractivity contribution in [2.75, 3.05) is 12.4 Å². The van der Waals surface area contributed by atoms with Crippen LogP contribution in [0, 0.1) is 0 Å². The summed E-state index contributed by atoms with van der Waals surface area (Å²) in [5.41, 5.74) is 6.11. The van der Waals surface area contributed by atoms with Crippen LogP contribution < -0.4 is 16.3 Å². The molecule has 2 rings (SSSR count). The van der Waals surface area contributed by atoms with Crippen molar-refractivity contribution in [1.82, 2.24) is 14.9 Å². The van der Waals surface area contributed by atoms with Gasteiger partial charge in [0.05, 0.1) is 0 Å². The molecule has 8 heteroatoms. The second-order valence-electron chi connectivity index (χ2n) is 4.31. The summed E-state index contributed by atoms with van der Waals surface area (Å²) >= 11 is 1.51. The van der Waals surface area contributed by atoms with Gasteiger partial charge in [0.2, 0.25) is 5.16 Å². The number of nitrogen functional groups attached to an aromatic ring is 1. The number of amides is 1. The van der Waals surface area contributed by atoms with Crippen molar-refractivity contribution < 1.29 is 9.53 Å². The number of carbonyl (C=O) groups excluding carboxylic acids is 1. The highest BCUT2D eigenvalue weighted by Crippen LogP contribution is 2.22. The van der Waals surface area contributed by atoms with E-state index in [2.05, 4.69) is 10.2 Å². The number of hydrogen-bond donors (Lipinski definition) is 2. The van der Waals surface area contributed by atoms with Gasteiger partial charge in [0.25, 0.3) is 5.91 Å². The van der Waals surface area contributed by atoms with Crippen molar-refractivity contribution in [3.8, 4) is 5.75 Å². The van der Waals surface area contributed by atoms with Crippen LogP contribution in [0.4, 0.5) is 0 Å². The van der Waals surface area contributed by atoms with Crippen LogP contribution in [0.15, 0.2) is 29.4 Å². The smallest absolute Gasteiger partial charge is 0.255 e. The number of ether oxygens (including phenoxy) is 1. The van der Waals surface area contributed by atoms with Gasteiger partial charge in [-0.25, -0.2) is 4.68 Å². The molecule has 0 fully saturated rings. The summed E-state index contributed by atoms with van der Waals surface area (Å²) in [4.78, 5) is 10.6. The number of benzene rings is 1. The molecule has 7 nitrogen and oxygen atoms in total. The number of nitrogens with zero attached hydrogens (tertiary/aromatic N) is 3. The van der Waals surface area contributed by atoms with E-state index in [0.717, 1.165) is 23.6 Å². The zero-order valence-corrected chi connectivity index (χ0v) is 12.5. The maximum atomic E-state index is 10.6. The fraction of sp³-hybridized carbons (Fsp3) is 0.308. The molecule has 0 saturated heterocycles. The molecule has 0 spiro atoms. The minimum atomic E-state index is -0.497. The average Bonchev–Trinajstić information content (AvgIpc) is 2.84. The molecule has 21 heavy (non-hydrogen) atoms. The van der Waals surface area contributed by atoms with E-state index in [4.69, 9.17) is 16.3 Å². The van der Waals surface area contributed by atoms with Crippen LogP contribution in [0.3, 0.4) is 0 Å². The third-order valence-corrected chi connectivity index (χ3v) is 3.74. The Bertz CT molecular complexity index is 612. The fourth-order valence-corrected chi connectivity index (χ4v) is 2.46. The summed E-state index contributed by atoms with van der Waals surface area (Å²) in [5, 5.41) is 8.73. The third kappa shape index (κ3) is 4.12. The molecule has 0 saturated carbocycles. The van der Waals surface area contributed by atoms with E-state index in [1.54, 1.807) is 12.1 Å². The first-order valence-electron chi connectivity index (χ1n) is 6.42. The number of primary amides is 1. The molecule has 0 unspecified atom stereocenters. The Hall–Kier alpha value is -2.22. The molecule has 1 heterocycles. The molecule has 0 aliphatic carbocycles. The lowest BCUT2D eigenvalue weighted by Crippen LogP contribution is -2.19. The predicted molar refractivity (Wildman–Crippen MR) is 80.2 cm³/mol. The van der Waals surface area contributed by atoms with E-state index in [1.165, 1.54) is 16.4 Å².